The number of rotatable bonds is 43. The van der Waals surface area contributed by atoms with E-state index in [2.05, 4.69) is 20.9 Å². The largest absolute Gasteiger partial charge is 0.508 e. The molecule has 4 aromatic rings. The van der Waals surface area contributed by atoms with Crippen LogP contribution in [0.25, 0.3) is 33.4 Å². The van der Waals surface area contributed by atoms with Gasteiger partial charge < -0.3 is 82.3 Å². The van der Waals surface area contributed by atoms with Crippen LogP contribution < -0.4 is 21.4 Å². The molecule has 4 aromatic carbocycles. The summed E-state index contributed by atoms with van der Waals surface area (Å²) in [6.45, 7) is 18.7. The van der Waals surface area contributed by atoms with Crippen molar-refractivity contribution in [2.75, 3.05) is 177 Å². The Kier molecular flexibility index (Phi) is 39.1. The summed E-state index contributed by atoms with van der Waals surface area (Å²) in [4.78, 5) is 43.2. The van der Waals surface area contributed by atoms with E-state index < -0.39 is 11.7 Å². The average molecular weight is 1350 g/mol. The van der Waals surface area contributed by atoms with Gasteiger partial charge in [-0.05, 0) is 118 Å². The molecule has 22 nitrogen and oxygen atoms in total. The Bertz CT molecular complexity index is 3140. The second kappa shape index (κ2) is 47.2. The number of nitrogens with zero attached hydrogens (tertiary/aromatic N) is 1. The number of halogens is 3. The molecule has 2 aliphatic heterocycles. The van der Waals surface area contributed by atoms with Crippen molar-refractivity contribution in [3.05, 3.63) is 142 Å². The van der Waals surface area contributed by atoms with Crippen LogP contribution in [0, 0.1) is 6.92 Å². The van der Waals surface area contributed by atoms with Crippen LogP contribution in [-0.2, 0) is 84.0 Å². The summed E-state index contributed by atoms with van der Waals surface area (Å²) in [5, 5.41) is 20.5. The van der Waals surface area contributed by atoms with Gasteiger partial charge in [0.05, 0.1) is 163 Å². The third-order valence-electron chi connectivity index (χ3n) is 14.1. The van der Waals surface area contributed by atoms with Crippen molar-refractivity contribution in [2.24, 2.45) is 0 Å². The van der Waals surface area contributed by atoms with Gasteiger partial charge in [0, 0.05) is 60.6 Å². The van der Waals surface area contributed by atoms with Crippen molar-refractivity contribution >= 4 is 46.0 Å². The first-order chi connectivity index (χ1) is 46.2. The summed E-state index contributed by atoms with van der Waals surface area (Å²) < 4.78 is 112. The highest BCUT2D eigenvalue weighted by Crippen LogP contribution is 2.41. The molecule has 7 rings (SSSR count). The molecule has 1 saturated heterocycles. The zero-order valence-electron chi connectivity index (χ0n) is 54.4. The molecule has 1 aliphatic carbocycles. The first-order valence-corrected chi connectivity index (χ1v) is 32.2. The van der Waals surface area contributed by atoms with Crippen LogP contribution in [-0.4, -0.2) is 205 Å². The van der Waals surface area contributed by atoms with Crippen LogP contribution in [0.15, 0.2) is 118 Å². The minimum atomic E-state index is -4.42. The van der Waals surface area contributed by atoms with E-state index in [9.17, 15) is 27.9 Å². The van der Waals surface area contributed by atoms with E-state index in [1.807, 2.05) is 74.5 Å². The average Bonchev–Trinajstić information content (AvgIpc) is 0.766. The minimum absolute atomic E-state index is 0.0500. The lowest BCUT2D eigenvalue weighted by Gasteiger charge is -2.41. The number of anilines is 1. The minimum Gasteiger partial charge on any atom is -0.508 e. The van der Waals surface area contributed by atoms with E-state index in [4.69, 9.17) is 83.1 Å². The van der Waals surface area contributed by atoms with Crippen molar-refractivity contribution < 1.29 is 93.9 Å². The molecule has 0 spiro atoms. The highest BCUT2D eigenvalue weighted by atomic mass is 32.1. The number of phenolic OH excluding ortho intramolecular Hbond substituents is 1. The van der Waals surface area contributed by atoms with Gasteiger partial charge in [-0.25, -0.2) is 0 Å². The fraction of sp³-hybridized carbons (Fsp3) is 0.507. The van der Waals surface area contributed by atoms with E-state index in [-0.39, 0.29) is 48.5 Å². The number of likely N-dealkylation sites (tertiary alicyclic amines) is 1. The van der Waals surface area contributed by atoms with Crippen LogP contribution in [0.1, 0.15) is 55.0 Å². The van der Waals surface area contributed by atoms with Gasteiger partial charge in [-0.3, -0.25) is 14.5 Å². The summed E-state index contributed by atoms with van der Waals surface area (Å²) in [6, 6.07) is 31.1. The molecule has 95 heavy (non-hydrogen) atoms. The number of nitrogens with one attached hydrogen (secondary N) is 3. The standard InChI is InChI=1S/C36H53F3N2O8.C32H38N2O8S.CO2/c1-3-43-14-15-45-18-19-47-22-23-48-21-20-46-17-16-44-13-11-40-34(42)27-41-12-7-10-33(35(41)31-8-5-4-6-9-31)49-28-30-24-29(2)25-32(26-30)36(37,38)39;1-2-37-13-14-39-17-18-41-20-19-40-16-15-38-12-11-33-32(43)34-24-5-3-23(4-6-24)31-27-9-7-25(35)21-29(27)42-30-22-26(36)8-10-28(30)31;2-1-3/h4-6,8-9,24-26,33,35H,3,7,10-23,27-28H2,1-2H3,(H,40,42);3-10,21-22,35H,2,11-20H2,1H3,(H2,33,34,43);. The molecule has 1 fully saturated rings. The summed E-state index contributed by atoms with van der Waals surface area (Å²) in [5.41, 5.74) is 5.15. The maximum atomic E-state index is 13.4. The number of thiocarbonyl (C=S) groups is 1. The number of hydrogen-bond acceptors (Lipinski definition) is 20. The van der Waals surface area contributed by atoms with E-state index >= 15 is 0 Å². The number of aromatic hydroxyl groups is 1. The molecular formula is C69H91F3N4O18S. The number of aryl methyl sites for hydroxylation is 1. The first kappa shape index (κ1) is 78.9. The molecule has 26 heteroatoms. The van der Waals surface area contributed by atoms with Crippen molar-refractivity contribution in [2.45, 2.75) is 58.5 Å². The van der Waals surface area contributed by atoms with E-state index in [1.54, 1.807) is 31.2 Å². The Labute approximate surface area is 558 Å². The quantitative estimate of drug-likeness (QED) is 0.0158. The zero-order valence-corrected chi connectivity index (χ0v) is 55.2. The molecule has 0 saturated carbocycles. The summed E-state index contributed by atoms with van der Waals surface area (Å²) in [6.07, 6.45) is -2.93. The second-order valence-electron chi connectivity index (χ2n) is 21.1. The number of alkyl halides is 3. The Morgan fingerprint density at radius 3 is 1.68 bits per heavy atom. The van der Waals surface area contributed by atoms with Gasteiger partial charge in [-0.2, -0.15) is 22.8 Å². The predicted octanol–water partition coefficient (Wildman–Crippen LogP) is 9.05. The molecule has 0 bridgehead atoms. The van der Waals surface area contributed by atoms with Crippen LogP contribution in [0.5, 0.6) is 5.75 Å². The van der Waals surface area contributed by atoms with Crippen LogP contribution in [0.4, 0.5) is 18.9 Å². The Morgan fingerprint density at radius 2 is 1.16 bits per heavy atom. The molecule has 1 amide bonds. The van der Waals surface area contributed by atoms with Gasteiger partial charge in [-0.15, -0.1) is 0 Å². The molecule has 3 aliphatic rings. The fourth-order valence-corrected chi connectivity index (χ4v) is 10.1. The molecule has 4 N–H and O–H groups in total. The SMILES string of the molecule is CCOCCOCCOCCOCCOCCNC(=S)Nc1ccc(-c2c3ccc(=O)cc-3oc3cc(O)ccc23)cc1.CCOCCOCCOCCOCCOCCOCCNC(=O)CN1CCCC(OCc2cc(C)cc(C(F)(F)F)c2)C1c1ccccc1.O=C=O. The molecule has 2 heterocycles. The zero-order chi connectivity index (χ0) is 68.1. The molecule has 0 aromatic heterocycles. The van der Waals surface area contributed by atoms with Crippen LogP contribution in [0.3, 0.4) is 0 Å². The number of piperidine rings is 1. The van der Waals surface area contributed by atoms with Gasteiger partial charge in [-0.1, -0.05) is 54.1 Å². The number of amides is 1. The van der Waals surface area contributed by atoms with Crippen LogP contribution in [0.2, 0.25) is 0 Å². The van der Waals surface area contributed by atoms with Crippen molar-refractivity contribution in [3.8, 4) is 28.2 Å². The smallest absolute Gasteiger partial charge is 0.416 e. The van der Waals surface area contributed by atoms with Gasteiger partial charge in [0.1, 0.15) is 17.1 Å². The predicted molar refractivity (Wildman–Crippen MR) is 354 cm³/mol. The van der Waals surface area contributed by atoms with Crippen molar-refractivity contribution in [1.82, 2.24) is 15.5 Å². The molecule has 2 unspecified atom stereocenters. The summed E-state index contributed by atoms with van der Waals surface area (Å²) in [7, 11) is 0. The normalized spacial score (nSPS) is 14.0. The van der Waals surface area contributed by atoms with E-state index in [0.29, 0.717) is 193 Å². The van der Waals surface area contributed by atoms with E-state index in [1.165, 1.54) is 12.1 Å². The van der Waals surface area contributed by atoms with Crippen molar-refractivity contribution in [1.29, 1.82) is 0 Å². The fourth-order valence-electron chi connectivity index (χ4n) is 9.84. The van der Waals surface area contributed by atoms with Gasteiger partial charge in [0.25, 0.3) is 0 Å². The summed E-state index contributed by atoms with van der Waals surface area (Å²) >= 11 is 5.42. The monoisotopic (exact) mass is 1350 g/mol. The lowest BCUT2D eigenvalue weighted by atomic mass is 9.92. The molecule has 2 atom stereocenters. The van der Waals surface area contributed by atoms with Crippen LogP contribution >= 0.6 is 12.2 Å². The number of carbonyl (C=O) groups excluding carboxylic acids is 3. The van der Waals surface area contributed by atoms with E-state index in [0.717, 1.165) is 58.3 Å². The number of carbonyl (C=O) groups is 1. The Balaban J connectivity index is 0.000000332. The first-order valence-electron chi connectivity index (χ1n) is 31.8. The maximum absolute atomic E-state index is 13.4. The molecule has 0 radical (unpaired) electrons. The van der Waals surface area contributed by atoms with Gasteiger partial charge in [0.2, 0.25) is 5.91 Å². The Morgan fingerprint density at radius 1 is 0.642 bits per heavy atom. The highest BCUT2D eigenvalue weighted by molar-refractivity contribution is 7.80. The number of phenols is 1. The van der Waals surface area contributed by atoms with Crippen molar-refractivity contribution in [3.63, 3.8) is 0 Å². The third-order valence-corrected chi connectivity index (χ3v) is 14.3. The number of hydrogen-bond donors (Lipinski definition) is 4. The molecular weight excluding hydrogens is 1260 g/mol. The maximum Gasteiger partial charge on any atom is 0.416 e. The number of benzene rings is 5. The highest BCUT2D eigenvalue weighted by Gasteiger charge is 2.35. The number of ether oxygens (including phenoxy) is 12. The second-order valence-corrected chi connectivity index (χ2v) is 21.5. The third kappa shape index (κ3) is 31.7. The summed E-state index contributed by atoms with van der Waals surface area (Å²) in [5.74, 6) is 0.416. The Hall–Kier alpha value is -6.82. The number of fused-ring (bicyclic) bond motifs is 2. The van der Waals surface area contributed by atoms with Gasteiger partial charge >= 0.3 is 12.3 Å². The molecule has 522 valence electrons. The lowest BCUT2D eigenvalue weighted by molar-refractivity contribution is -0.191. The topological polar surface area (TPSA) is 252 Å². The van der Waals surface area contributed by atoms with Gasteiger partial charge in [0.15, 0.2) is 10.5 Å². The lowest BCUT2D eigenvalue weighted by Crippen LogP contribution is -2.47.